The van der Waals surface area contributed by atoms with Crippen molar-refractivity contribution >= 4 is 12.6 Å². The summed E-state index contributed by atoms with van der Waals surface area (Å²) in [4.78, 5) is 3.80. The van der Waals surface area contributed by atoms with Crippen molar-refractivity contribution in [2.24, 2.45) is 0 Å². The predicted molar refractivity (Wildman–Crippen MR) is 46.6 cm³/mol. The zero-order valence-corrected chi connectivity index (χ0v) is 6.65. The second kappa shape index (κ2) is 3.91. The maximum atomic E-state index is 8.78. The summed E-state index contributed by atoms with van der Waals surface area (Å²) in [6.07, 6.45) is 2.97. The molecule has 0 radical (unpaired) electrons. The first kappa shape index (κ1) is 8.79. The van der Waals surface area contributed by atoms with E-state index in [4.69, 9.17) is 10.0 Å². The van der Waals surface area contributed by atoms with Gasteiger partial charge in [0.25, 0.3) is 0 Å². The molecule has 0 bridgehead atoms. The molecule has 1 aromatic heterocycles. The van der Waals surface area contributed by atoms with Gasteiger partial charge in [0.2, 0.25) is 0 Å². The molecule has 0 atom stereocenters. The standard InChI is InChI=1S/C8H8BNO2/c1-2-3-7-4-8(9(11)12)6-10-5-7/h4-6,11-12H,1H3. The smallest absolute Gasteiger partial charge is 0.423 e. The molecule has 4 heteroatoms. The number of pyridine rings is 1. The van der Waals surface area contributed by atoms with Crippen LogP contribution in [0.15, 0.2) is 18.5 Å². The summed E-state index contributed by atoms with van der Waals surface area (Å²) < 4.78 is 0. The highest BCUT2D eigenvalue weighted by Gasteiger charge is 2.10. The fourth-order valence-electron chi connectivity index (χ4n) is 0.812. The molecule has 12 heavy (non-hydrogen) atoms. The molecular weight excluding hydrogens is 153 g/mol. The number of hydrogen-bond donors (Lipinski definition) is 2. The van der Waals surface area contributed by atoms with Gasteiger partial charge in [-0.1, -0.05) is 5.92 Å². The number of hydrogen-bond acceptors (Lipinski definition) is 3. The van der Waals surface area contributed by atoms with Crippen LogP contribution in [-0.2, 0) is 0 Å². The van der Waals surface area contributed by atoms with E-state index in [-0.39, 0.29) is 0 Å². The summed E-state index contributed by atoms with van der Waals surface area (Å²) in [6, 6.07) is 1.59. The van der Waals surface area contributed by atoms with Crippen LogP contribution in [0, 0.1) is 11.8 Å². The maximum absolute atomic E-state index is 8.78. The summed E-state index contributed by atoms with van der Waals surface area (Å²) in [6.45, 7) is 1.71. The van der Waals surface area contributed by atoms with E-state index in [1.807, 2.05) is 0 Å². The first-order valence-corrected chi connectivity index (χ1v) is 3.48. The van der Waals surface area contributed by atoms with Crippen molar-refractivity contribution in [2.75, 3.05) is 0 Å². The third-order valence-electron chi connectivity index (χ3n) is 1.33. The molecule has 2 N–H and O–H groups in total. The Morgan fingerprint density at radius 2 is 2.17 bits per heavy atom. The third kappa shape index (κ3) is 2.09. The molecule has 0 aliphatic rings. The molecule has 1 aromatic rings. The normalized spacial score (nSPS) is 8.58. The fourth-order valence-corrected chi connectivity index (χ4v) is 0.812. The van der Waals surface area contributed by atoms with Crippen LogP contribution in [0.5, 0.6) is 0 Å². The molecule has 0 fully saturated rings. The minimum Gasteiger partial charge on any atom is -0.423 e. The van der Waals surface area contributed by atoms with Crippen LogP contribution in [0.2, 0.25) is 0 Å². The van der Waals surface area contributed by atoms with Crippen LogP contribution in [-0.4, -0.2) is 22.2 Å². The third-order valence-corrected chi connectivity index (χ3v) is 1.33. The van der Waals surface area contributed by atoms with Crippen molar-refractivity contribution in [3.05, 3.63) is 24.0 Å². The lowest BCUT2D eigenvalue weighted by molar-refractivity contribution is 0.425. The van der Waals surface area contributed by atoms with Crippen LogP contribution in [0.1, 0.15) is 12.5 Å². The second-order valence-corrected chi connectivity index (χ2v) is 2.26. The first-order valence-electron chi connectivity index (χ1n) is 3.48. The van der Waals surface area contributed by atoms with Crippen LogP contribution >= 0.6 is 0 Å². The quantitative estimate of drug-likeness (QED) is 0.416. The number of rotatable bonds is 1. The van der Waals surface area contributed by atoms with Gasteiger partial charge in [0.15, 0.2) is 0 Å². The van der Waals surface area contributed by atoms with E-state index in [1.54, 1.807) is 19.2 Å². The lowest BCUT2D eigenvalue weighted by atomic mass is 9.81. The SMILES string of the molecule is CC#Cc1cncc(B(O)O)c1. The molecule has 1 heterocycles. The minimum absolute atomic E-state index is 0.357. The highest BCUT2D eigenvalue weighted by Crippen LogP contribution is 1.90. The van der Waals surface area contributed by atoms with Gasteiger partial charge in [-0.3, -0.25) is 4.98 Å². The van der Waals surface area contributed by atoms with Gasteiger partial charge in [-0.15, -0.1) is 5.92 Å². The average molecular weight is 161 g/mol. The fraction of sp³-hybridized carbons (Fsp3) is 0.125. The van der Waals surface area contributed by atoms with Crippen LogP contribution in [0.25, 0.3) is 0 Å². The largest absolute Gasteiger partial charge is 0.490 e. The van der Waals surface area contributed by atoms with Gasteiger partial charge in [0.05, 0.1) is 0 Å². The van der Waals surface area contributed by atoms with Crippen LogP contribution in [0.3, 0.4) is 0 Å². The lowest BCUT2D eigenvalue weighted by Crippen LogP contribution is -2.30. The molecule has 0 aliphatic heterocycles. The van der Waals surface area contributed by atoms with Crippen molar-refractivity contribution < 1.29 is 10.0 Å². The Morgan fingerprint density at radius 3 is 2.75 bits per heavy atom. The van der Waals surface area contributed by atoms with E-state index in [0.29, 0.717) is 11.0 Å². The summed E-state index contributed by atoms with van der Waals surface area (Å²) in [5, 5.41) is 17.6. The molecule has 0 saturated heterocycles. The van der Waals surface area contributed by atoms with Gasteiger partial charge < -0.3 is 10.0 Å². The Hall–Kier alpha value is -1.31. The minimum atomic E-state index is -1.48. The van der Waals surface area contributed by atoms with Gasteiger partial charge in [0.1, 0.15) is 0 Å². The Bertz CT molecular complexity index is 327. The van der Waals surface area contributed by atoms with Gasteiger partial charge in [-0.25, -0.2) is 0 Å². The molecular formula is C8H8BNO2. The molecule has 1 rings (SSSR count). The van der Waals surface area contributed by atoms with Gasteiger partial charge in [-0.2, -0.15) is 0 Å². The van der Waals surface area contributed by atoms with E-state index >= 15 is 0 Å². The van der Waals surface area contributed by atoms with Crippen molar-refractivity contribution in [1.29, 1.82) is 0 Å². The van der Waals surface area contributed by atoms with Gasteiger partial charge in [-0.05, 0) is 13.0 Å². The highest BCUT2D eigenvalue weighted by molar-refractivity contribution is 6.58. The van der Waals surface area contributed by atoms with Gasteiger partial charge in [0, 0.05) is 23.4 Å². The van der Waals surface area contributed by atoms with Crippen molar-refractivity contribution in [1.82, 2.24) is 4.98 Å². The Kier molecular flexibility index (Phi) is 2.86. The van der Waals surface area contributed by atoms with Crippen molar-refractivity contribution in [3.8, 4) is 11.8 Å². The molecule has 0 aromatic carbocycles. The van der Waals surface area contributed by atoms with E-state index < -0.39 is 7.12 Å². The van der Waals surface area contributed by atoms with Crippen LogP contribution < -0.4 is 5.46 Å². The maximum Gasteiger partial charge on any atom is 0.490 e. The monoisotopic (exact) mass is 161 g/mol. The highest BCUT2D eigenvalue weighted by atomic mass is 16.4. The topological polar surface area (TPSA) is 53.4 Å². The van der Waals surface area contributed by atoms with E-state index in [0.717, 1.165) is 0 Å². The molecule has 0 spiro atoms. The summed E-state index contributed by atoms with van der Waals surface area (Å²) in [7, 11) is -1.48. The van der Waals surface area contributed by atoms with Crippen molar-refractivity contribution in [2.45, 2.75) is 6.92 Å². The van der Waals surface area contributed by atoms with E-state index in [9.17, 15) is 0 Å². The molecule has 0 aliphatic carbocycles. The number of aromatic nitrogens is 1. The molecule has 60 valence electrons. The summed E-state index contributed by atoms with van der Waals surface area (Å²) in [5.41, 5.74) is 1.04. The first-order chi connectivity index (χ1) is 5.74. The zero-order chi connectivity index (χ0) is 8.97. The summed E-state index contributed by atoms with van der Waals surface area (Å²) >= 11 is 0. The van der Waals surface area contributed by atoms with Gasteiger partial charge >= 0.3 is 7.12 Å². The lowest BCUT2D eigenvalue weighted by Gasteiger charge is -1.97. The Morgan fingerprint density at radius 1 is 1.42 bits per heavy atom. The number of nitrogens with zero attached hydrogens (tertiary/aromatic N) is 1. The Balaban J connectivity index is 3.01. The average Bonchev–Trinajstić information content (AvgIpc) is 2.05. The predicted octanol–water partition coefficient (Wildman–Crippen LogP) is -0.867. The second-order valence-electron chi connectivity index (χ2n) is 2.26. The van der Waals surface area contributed by atoms with Crippen molar-refractivity contribution in [3.63, 3.8) is 0 Å². The molecule has 0 unspecified atom stereocenters. The van der Waals surface area contributed by atoms with Crippen LogP contribution in [0.4, 0.5) is 0 Å². The molecule has 0 saturated carbocycles. The van der Waals surface area contributed by atoms with E-state index in [1.165, 1.54) is 6.20 Å². The summed E-state index contributed by atoms with van der Waals surface area (Å²) in [5.74, 6) is 5.46. The van der Waals surface area contributed by atoms with E-state index in [2.05, 4.69) is 16.8 Å². The zero-order valence-electron chi connectivity index (χ0n) is 6.65. The molecule has 3 nitrogen and oxygen atoms in total. The Labute approximate surface area is 71.2 Å². The molecule has 0 amide bonds.